The van der Waals surface area contributed by atoms with Crippen LogP contribution in [-0.2, 0) is 5.75 Å². The Kier molecular flexibility index (Phi) is 4.24. The van der Waals surface area contributed by atoms with E-state index in [-0.39, 0.29) is 7.43 Å². The normalized spacial score (nSPS) is 8.11. The number of hydrogen-bond donors (Lipinski definition) is 1. The van der Waals surface area contributed by atoms with Gasteiger partial charge in [-0.1, -0.05) is 37.8 Å². The van der Waals surface area contributed by atoms with Crippen LogP contribution in [-0.4, -0.2) is 0 Å². The summed E-state index contributed by atoms with van der Waals surface area (Å²) >= 11 is 4.11. The van der Waals surface area contributed by atoms with Crippen LogP contribution >= 0.6 is 12.6 Å². The van der Waals surface area contributed by atoms with Gasteiger partial charge in [-0.2, -0.15) is 12.6 Å². The third-order valence-corrected chi connectivity index (χ3v) is 1.39. The maximum atomic E-state index is 4.11. The van der Waals surface area contributed by atoms with Crippen LogP contribution in [0, 0.1) is 0 Å². The molecule has 0 aromatic heterocycles. The summed E-state index contributed by atoms with van der Waals surface area (Å²) in [5, 5.41) is 0. The van der Waals surface area contributed by atoms with Gasteiger partial charge in [0.1, 0.15) is 0 Å². The number of thiol groups is 1. The molecule has 0 aliphatic carbocycles. The van der Waals surface area contributed by atoms with Crippen LogP contribution in [0.3, 0.4) is 0 Å². The molecular weight excluding hydrogens is 128 g/mol. The summed E-state index contributed by atoms with van der Waals surface area (Å²) in [6.07, 6.45) is 0. The van der Waals surface area contributed by atoms with Gasteiger partial charge in [0.25, 0.3) is 0 Å². The van der Waals surface area contributed by atoms with Gasteiger partial charge >= 0.3 is 0 Å². The van der Waals surface area contributed by atoms with Crippen molar-refractivity contribution in [2.75, 3.05) is 0 Å². The van der Waals surface area contributed by atoms with Gasteiger partial charge in [-0.25, -0.2) is 0 Å². The van der Waals surface area contributed by atoms with E-state index in [9.17, 15) is 0 Å². The fourth-order valence-corrected chi connectivity index (χ4v) is 0.794. The minimum Gasteiger partial charge on any atom is -0.175 e. The average molecular weight is 140 g/mol. The van der Waals surface area contributed by atoms with Crippen molar-refractivity contribution in [3.05, 3.63) is 35.9 Å². The van der Waals surface area contributed by atoms with Crippen molar-refractivity contribution in [1.82, 2.24) is 0 Å². The van der Waals surface area contributed by atoms with E-state index in [1.165, 1.54) is 5.56 Å². The minimum atomic E-state index is 0. The van der Waals surface area contributed by atoms with Gasteiger partial charge in [0.15, 0.2) is 0 Å². The van der Waals surface area contributed by atoms with E-state index >= 15 is 0 Å². The molecule has 0 unspecified atom stereocenters. The zero-order chi connectivity index (χ0) is 5.82. The van der Waals surface area contributed by atoms with Gasteiger partial charge < -0.3 is 0 Å². The summed E-state index contributed by atoms with van der Waals surface area (Å²) in [6, 6.07) is 10.2. The highest BCUT2D eigenvalue weighted by Crippen LogP contribution is 2.00. The second-order valence-corrected chi connectivity index (χ2v) is 1.96. The predicted octanol–water partition coefficient (Wildman–Crippen LogP) is 2.75. The Labute approximate surface area is 62.3 Å². The SMILES string of the molecule is C.SCc1ccccc1. The third kappa shape index (κ3) is 2.56. The molecule has 1 aromatic rings. The Morgan fingerprint density at radius 3 is 2.00 bits per heavy atom. The van der Waals surface area contributed by atoms with Crippen molar-refractivity contribution in [2.45, 2.75) is 13.2 Å². The highest BCUT2D eigenvalue weighted by atomic mass is 32.1. The first-order valence-corrected chi connectivity index (χ1v) is 3.21. The summed E-state index contributed by atoms with van der Waals surface area (Å²) in [5.74, 6) is 0.834. The van der Waals surface area contributed by atoms with E-state index < -0.39 is 0 Å². The Morgan fingerprint density at radius 1 is 1.11 bits per heavy atom. The molecule has 0 radical (unpaired) electrons. The maximum Gasteiger partial charge on any atom is 0.0154 e. The van der Waals surface area contributed by atoms with Gasteiger partial charge in [-0.05, 0) is 5.56 Å². The summed E-state index contributed by atoms with van der Waals surface area (Å²) < 4.78 is 0. The topological polar surface area (TPSA) is 0 Å². The molecule has 1 rings (SSSR count). The Hall–Kier alpha value is -0.430. The smallest absolute Gasteiger partial charge is 0.0154 e. The average Bonchev–Trinajstić information content (AvgIpc) is 1.90. The lowest BCUT2D eigenvalue weighted by molar-refractivity contribution is 1.43. The molecule has 0 saturated carbocycles. The van der Waals surface area contributed by atoms with Crippen LogP contribution in [0.25, 0.3) is 0 Å². The van der Waals surface area contributed by atoms with Crippen molar-refractivity contribution in [1.29, 1.82) is 0 Å². The van der Waals surface area contributed by atoms with Gasteiger partial charge in [-0.15, -0.1) is 0 Å². The Bertz CT molecular complexity index is 146. The van der Waals surface area contributed by atoms with Gasteiger partial charge in [-0.3, -0.25) is 0 Å². The molecule has 0 aliphatic heterocycles. The second-order valence-electron chi connectivity index (χ2n) is 1.64. The highest BCUT2D eigenvalue weighted by Gasteiger charge is 1.80. The molecule has 0 bridgehead atoms. The van der Waals surface area contributed by atoms with Gasteiger partial charge in [0.2, 0.25) is 0 Å². The lowest BCUT2D eigenvalue weighted by atomic mass is 10.2. The van der Waals surface area contributed by atoms with E-state index in [0.29, 0.717) is 0 Å². The molecular formula is C8H12S. The standard InChI is InChI=1S/C7H8S.CH4/c8-6-7-4-2-1-3-5-7;/h1-5,8H,6H2;1H4. The lowest BCUT2D eigenvalue weighted by Crippen LogP contribution is -1.71. The number of hydrogen-bond acceptors (Lipinski definition) is 1. The lowest BCUT2D eigenvalue weighted by Gasteiger charge is -1.89. The largest absolute Gasteiger partial charge is 0.175 e. The Morgan fingerprint density at radius 2 is 1.67 bits per heavy atom. The molecule has 50 valence electrons. The molecule has 0 N–H and O–H groups in total. The van der Waals surface area contributed by atoms with Gasteiger partial charge in [0, 0.05) is 5.75 Å². The summed E-state index contributed by atoms with van der Waals surface area (Å²) in [5.41, 5.74) is 1.27. The number of rotatable bonds is 1. The predicted molar refractivity (Wildman–Crippen MR) is 45.9 cm³/mol. The molecule has 0 amide bonds. The van der Waals surface area contributed by atoms with E-state index in [0.717, 1.165) is 5.75 Å². The molecule has 0 saturated heterocycles. The second kappa shape index (κ2) is 4.45. The fraction of sp³-hybridized carbons (Fsp3) is 0.250. The summed E-state index contributed by atoms with van der Waals surface area (Å²) in [4.78, 5) is 0. The van der Waals surface area contributed by atoms with Crippen molar-refractivity contribution >= 4 is 12.6 Å². The molecule has 0 spiro atoms. The van der Waals surface area contributed by atoms with E-state index in [1.807, 2.05) is 18.2 Å². The summed E-state index contributed by atoms with van der Waals surface area (Å²) in [6.45, 7) is 0. The monoisotopic (exact) mass is 140 g/mol. The van der Waals surface area contributed by atoms with Crippen LogP contribution < -0.4 is 0 Å². The highest BCUT2D eigenvalue weighted by molar-refractivity contribution is 7.79. The number of benzene rings is 1. The quantitative estimate of drug-likeness (QED) is 0.570. The molecule has 0 aliphatic rings. The van der Waals surface area contributed by atoms with Crippen molar-refractivity contribution < 1.29 is 0 Å². The summed E-state index contributed by atoms with van der Waals surface area (Å²) in [7, 11) is 0. The molecule has 0 heterocycles. The van der Waals surface area contributed by atoms with E-state index in [1.54, 1.807) is 0 Å². The van der Waals surface area contributed by atoms with Crippen LogP contribution in [0.4, 0.5) is 0 Å². The third-order valence-electron chi connectivity index (χ3n) is 1.03. The van der Waals surface area contributed by atoms with Crippen molar-refractivity contribution in [2.24, 2.45) is 0 Å². The van der Waals surface area contributed by atoms with Gasteiger partial charge in [0.05, 0.1) is 0 Å². The molecule has 0 fully saturated rings. The molecule has 1 heteroatoms. The molecule has 1 aromatic carbocycles. The first-order valence-electron chi connectivity index (χ1n) is 2.58. The van der Waals surface area contributed by atoms with Crippen LogP contribution in [0.2, 0.25) is 0 Å². The maximum absolute atomic E-state index is 4.11. The first-order chi connectivity index (χ1) is 3.93. The molecule has 0 atom stereocenters. The zero-order valence-electron chi connectivity index (χ0n) is 4.54. The van der Waals surface area contributed by atoms with Crippen molar-refractivity contribution in [3.63, 3.8) is 0 Å². The van der Waals surface area contributed by atoms with Crippen LogP contribution in [0.15, 0.2) is 30.3 Å². The zero-order valence-corrected chi connectivity index (χ0v) is 5.44. The minimum absolute atomic E-state index is 0. The molecule has 9 heavy (non-hydrogen) atoms. The molecule has 0 nitrogen and oxygen atoms in total. The van der Waals surface area contributed by atoms with Crippen LogP contribution in [0.1, 0.15) is 13.0 Å². The Balaban J connectivity index is 0.000000640. The fourth-order valence-electron chi connectivity index (χ4n) is 0.583. The van der Waals surface area contributed by atoms with E-state index in [4.69, 9.17) is 0 Å². The van der Waals surface area contributed by atoms with Crippen LogP contribution in [0.5, 0.6) is 0 Å². The van der Waals surface area contributed by atoms with E-state index in [2.05, 4.69) is 24.8 Å². The van der Waals surface area contributed by atoms with Crippen molar-refractivity contribution in [3.8, 4) is 0 Å². The first kappa shape index (κ1) is 8.57.